The average Bonchev–Trinajstić information content (AvgIpc) is 2.66. The lowest BCUT2D eigenvalue weighted by Gasteiger charge is -2.20. The molecule has 1 aromatic heterocycles. The van der Waals surface area contributed by atoms with Crippen LogP contribution in [0.1, 0.15) is 35.3 Å². The summed E-state index contributed by atoms with van der Waals surface area (Å²) in [6.07, 6.45) is 0.771. The number of aliphatic hydroxyl groups excluding tert-OH is 1. The van der Waals surface area contributed by atoms with Crippen LogP contribution in [0.15, 0.2) is 12.1 Å². The first-order valence-electron chi connectivity index (χ1n) is 5.35. The van der Waals surface area contributed by atoms with Crippen LogP contribution in [0.5, 0.6) is 0 Å². The Morgan fingerprint density at radius 3 is 2.75 bits per heavy atom. The van der Waals surface area contributed by atoms with Crippen LogP contribution < -0.4 is 0 Å². The molecule has 0 amide bonds. The van der Waals surface area contributed by atoms with E-state index in [1.165, 1.54) is 11.3 Å². The van der Waals surface area contributed by atoms with Gasteiger partial charge < -0.3 is 9.84 Å². The highest BCUT2D eigenvalue weighted by Gasteiger charge is 2.19. The van der Waals surface area contributed by atoms with Gasteiger partial charge in [0.15, 0.2) is 0 Å². The van der Waals surface area contributed by atoms with E-state index < -0.39 is 0 Å². The monoisotopic (exact) mass is 242 g/mol. The first-order chi connectivity index (χ1) is 7.48. The van der Waals surface area contributed by atoms with Gasteiger partial charge in [0.1, 0.15) is 4.88 Å². The highest BCUT2D eigenvalue weighted by atomic mass is 32.1. The number of hydrogen-bond donors (Lipinski definition) is 1. The third-order valence-electron chi connectivity index (χ3n) is 2.22. The molecule has 0 saturated heterocycles. The van der Waals surface area contributed by atoms with Gasteiger partial charge in [-0.3, -0.25) is 0 Å². The number of rotatable bonds is 5. The molecule has 1 heterocycles. The Morgan fingerprint density at radius 2 is 2.19 bits per heavy atom. The first kappa shape index (κ1) is 13.2. The lowest BCUT2D eigenvalue weighted by atomic mass is 9.90. The van der Waals surface area contributed by atoms with E-state index in [1.54, 1.807) is 13.0 Å². The van der Waals surface area contributed by atoms with Gasteiger partial charge in [-0.2, -0.15) is 0 Å². The summed E-state index contributed by atoms with van der Waals surface area (Å²) in [7, 11) is 0. The van der Waals surface area contributed by atoms with E-state index in [2.05, 4.69) is 0 Å². The van der Waals surface area contributed by atoms with Gasteiger partial charge in [0.2, 0.25) is 0 Å². The van der Waals surface area contributed by atoms with Crippen LogP contribution in [0.25, 0.3) is 0 Å². The summed E-state index contributed by atoms with van der Waals surface area (Å²) in [5, 5.41) is 9.17. The van der Waals surface area contributed by atoms with Crippen LogP contribution >= 0.6 is 11.3 Å². The molecule has 0 aliphatic rings. The van der Waals surface area contributed by atoms with Crippen LogP contribution in [0, 0.1) is 5.41 Å². The van der Waals surface area contributed by atoms with Crippen molar-refractivity contribution in [3.63, 3.8) is 0 Å². The van der Waals surface area contributed by atoms with Crippen LogP contribution in [-0.4, -0.2) is 24.3 Å². The molecule has 4 heteroatoms. The zero-order valence-corrected chi connectivity index (χ0v) is 10.8. The summed E-state index contributed by atoms with van der Waals surface area (Å²) in [6, 6.07) is 3.71. The summed E-state index contributed by atoms with van der Waals surface area (Å²) in [6.45, 7) is 6.32. The highest BCUT2D eigenvalue weighted by molar-refractivity contribution is 7.13. The maximum atomic E-state index is 11.4. The molecule has 0 fully saturated rings. The molecule has 0 atom stereocenters. The summed E-state index contributed by atoms with van der Waals surface area (Å²) < 4.78 is 4.92. The molecule has 0 aliphatic carbocycles. The quantitative estimate of drug-likeness (QED) is 0.807. The number of thiophene rings is 1. The number of esters is 1. The topological polar surface area (TPSA) is 46.5 Å². The van der Waals surface area contributed by atoms with Crippen molar-refractivity contribution in [3.8, 4) is 0 Å². The lowest BCUT2D eigenvalue weighted by molar-refractivity contribution is 0.0532. The van der Waals surface area contributed by atoms with Gasteiger partial charge in [0.25, 0.3) is 0 Å². The second kappa shape index (κ2) is 5.46. The van der Waals surface area contributed by atoms with Crippen molar-refractivity contribution in [1.29, 1.82) is 0 Å². The van der Waals surface area contributed by atoms with Gasteiger partial charge in [0, 0.05) is 11.5 Å². The third-order valence-corrected chi connectivity index (χ3v) is 3.28. The molecule has 0 aliphatic heterocycles. The predicted octanol–water partition coefficient (Wildman–Crippen LogP) is 2.49. The van der Waals surface area contributed by atoms with Gasteiger partial charge >= 0.3 is 5.97 Å². The van der Waals surface area contributed by atoms with E-state index in [0.29, 0.717) is 11.5 Å². The van der Waals surface area contributed by atoms with Crippen molar-refractivity contribution in [2.45, 2.75) is 27.2 Å². The molecule has 0 bridgehead atoms. The number of hydrogen-bond acceptors (Lipinski definition) is 4. The maximum Gasteiger partial charge on any atom is 0.348 e. The Kier molecular flexibility index (Phi) is 4.50. The van der Waals surface area contributed by atoms with Gasteiger partial charge in [-0.15, -0.1) is 11.3 Å². The van der Waals surface area contributed by atoms with Crippen molar-refractivity contribution in [2.24, 2.45) is 5.41 Å². The molecular formula is C12H18O3S. The summed E-state index contributed by atoms with van der Waals surface area (Å²) in [4.78, 5) is 13.2. The van der Waals surface area contributed by atoms with E-state index in [-0.39, 0.29) is 18.0 Å². The van der Waals surface area contributed by atoms with Crippen molar-refractivity contribution in [1.82, 2.24) is 0 Å². The average molecular weight is 242 g/mol. The molecule has 16 heavy (non-hydrogen) atoms. The molecule has 0 aromatic carbocycles. The molecule has 90 valence electrons. The van der Waals surface area contributed by atoms with Gasteiger partial charge in [-0.05, 0) is 30.9 Å². The van der Waals surface area contributed by atoms with Crippen molar-refractivity contribution in [2.75, 3.05) is 13.2 Å². The minimum absolute atomic E-state index is 0.139. The fraction of sp³-hybridized carbons (Fsp3) is 0.583. The zero-order chi connectivity index (χ0) is 12.2. The Labute approximate surface area is 100 Å². The van der Waals surface area contributed by atoms with Crippen LogP contribution in [0.2, 0.25) is 0 Å². The number of carbonyl (C=O) groups excluding carboxylic acids is 1. The molecule has 0 spiro atoms. The number of carbonyl (C=O) groups is 1. The maximum absolute atomic E-state index is 11.4. The van der Waals surface area contributed by atoms with E-state index in [9.17, 15) is 4.79 Å². The van der Waals surface area contributed by atoms with Crippen LogP contribution in [0.3, 0.4) is 0 Å². The fourth-order valence-corrected chi connectivity index (χ4v) is 2.47. The summed E-state index contributed by atoms with van der Waals surface area (Å²) in [5.74, 6) is -0.263. The Morgan fingerprint density at radius 1 is 1.50 bits per heavy atom. The zero-order valence-electron chi connectivity index (χ0n) is 9.95. The van der Waals surface area contributed by atoms with E-state index in [4.69, 9.17) is 9.84 Å². The number of aliphatic hydroxyl groups is 1. The molecular weight excluding hydrogens is 224 g/mol. The van der Waals surface area contributed by atoms with Gasteiger partial charge in [-0.25, -0.2) is 4.79 Å². The van der Waals surface area contributed by atoms with Crippen molar-refractivity contribution < 1.29 is 14.6 Å². The van der Waals surface area contributed by atoms with E-state index >= 15 is 0 Å². The van der Waals surface area contributed by atoms with E-state index in [0.717, 1.165) is 11.3 Å². The summed E-state index contributed by atoms with van der Waals surface area (Å²) >= 11 is 1.44. The Hall–Kier alpha value is -0.870. The normalized spacial score (nSPS) is 11.5. The fourth-order valence-electron chi connectivity index (χ4n) is 1.31. The van der Waals surface area contributed by atoms with Crippen LogP contribution in [0.4, 0.5) is 0 Å². The standard InChI is InChI=1S/C12H18O3S/c1-4-15-11(14)10-6-5-9(16-10)7-12(2,3)8-13/h5-6,13H,4,7-8H2,1-3H3. The van der Waals surface area contributed by atoms with Crippen molar-refractivity contribution in [3.05, 3.63) is 21.9 Å². The van der Waals surface area contributed by atoms with E-state index in [1.807, 2.05) is 19.9 Å². The van der Waals surface area contributed by atoms with Crippen LogP contribution in [-0.2, 0) is 11.2 Å². The smallest absolute Gasteiger partial charge is 0.348 e. The minimum atomic E-state index is -0.263. The summed E-state index contributed by atoms with van der Waals surface area (Å²) in [5.41, 5.74) is -0.142. The molecule has 1 aromatic rings. The van der Waals surface area contributed by atoms with Crippen molar-refractivity contribution >= 4 is 17.3 Å². The highest BCUT2D eigenvalue weighted by Crippen LogP contribution is 2.26. The molecule has 1 rings (SSSR count). The van der Waals surface area contributed by atoms with Gasteiger partial charge in [-0.1, -0.05) is 13.8 Å². The Bertz CT molecular complexity index is 355. The third kappa shape index (κ3) is 3.61. The molecule has 1 N–H and O–H groups in total. The SMILES string of the molecule is CCOC(=O)c1ccc(CC(C)(C)CO)s1. The largest absolute Gasteiger partial charge is 0.462 e. The molecule has 0 unspecified atom stereocenters. The molecule has 0 radical (unpaired) electrons. The molecule has 3 nitrogen and oxygen atoms in total. The molecule has 0 saturated carbocycles. The number of ether oxygens (including phenoxy) is 1. The predicted molar refractivity (Wildman–Crippen MR) is 64.8 cm³/mol. The second-order valence-corrected chi connectivity index (χ2v) is 5.65. The first-order valence-corrected chi connectivity index (χ1v) is 6.17. The second-order valence-electron chi connectivity index (χ2n) is 4.49. The minimum Gasteiger partial charge on any atom is -0.462 e. The van der Waals surface area contributed by atoms with Gasteiger partial charge in [0.05, 0.1) is 6.61 Å². The Balaban J connectivity index is 2.68. The lowest BCUT2D eigenvalue weighted by Crippen LogP contribution is -2.18.